The molecule has 8 heteroatoms. The van der Waals surface area contributed by atoms with Crippen molar-refractivity contribution < 1.29 is 32.5 Å². The molecule has 0 aromatic carbocycles. The molecule has 0 spiro atoms. The molecule has 0 saturated heterocycles. The van der Waals surface area contributed by atoms with Crippen molar-refractivity contribution in [3.05, 3.63) is 12.3 Å². The maximum atomic E-state index is 12.5. The van der Waals surface area contributed by atoms with Gasteiger partial charge in [0.1, 0.15) is 19.3 Å². The van der Waals surface area contributed by atoms with Crippen LogP contribution in [0.4, 0.5) is 0 Å². The van der Waals surface area contributed by atoms with E-state index in [1.54, 1.807) is 6.26 Å². The van der Waals surface area contributed by atoms with E-state index in [-0.39, 0.29) is 13.2 Å². The van der Waals surface area contributed by atoms with Gasteiger partial charge in [0.15, 0.2) is 0 Å². The predicted molar refractivity (Wildman–Crippen MR) is 215 cm³/mol. The largest absolute Gasteiger partial charge is 0.494 e. The molecule has 0 aromatic rings. The third-order valence-electron chi connectivity index (χ3n) is 9.48. The number of phosphoric ester groups is 1. The van der Waals surface area contributed by atoms with E-state index < -0.39 is 13.9 Å². The molecular weight excluding hydrogens is 645 g/mol. The Kier molecular flexibility index (Phi) is 36.6. The number of hydrogen-bond donors (Lipinski definition) is 1. The van der Waals surface area contributed by atoms with Gasteiger partial charge in [-0.1, -0.05) is 181 Å². The summed E-state index contributed by atoms with van der Waals surface area (Å²) in [5.74, 6) is 0. The summed E-state index contributed by atoms with van der Waals surface area (Å²) >= 11 is 0. The second-order valence-electron chi connectivity index (χ2n) is 15.8. The first-order valence-electron chi connectivity index (χ1n) is 21.5. The molecule has 0 bridgehead atoms. The van der Waals surface area contributed by atoms with E-state index >= 15 is 0 Å². The van der Waals surface area contributed by atoms with Crippen molar-refractivity contribution in [1.82, 2.24) is 0 Å². The summed E-state index contributed by atoms with van der Waals surface area (Å²) in [6, 6.07) is 0. The van der Waals surface area contributed by atoms with E-state index in [1.807, 2.05) is 21.1 Å². The van der Waals surface area contributed by atoms with Crippen LogP contribution in [0.1, 0.15) is 200 Å². The summed E-state index contributed by atoms with van der Waals surface area (Å²) in [6.07, 6.45) is 41.9. The van der Waals surface area contributed by atoms with Gasteiger partial charge in [0.2, 0.25) is 0 Å². The Morgan fingerprint density at radius 2 is 0.940 bits per heavy atom. The lowest BCUT2D eigenvalue weighted by Crippen LogP contribution is -2.37. The lowest BCUT2D eigenvalue weighted by molar-refractivity contribution is -0.870. The molecule has 0 aliphatic carbocycles. The summed E-state index contributed by atoms with van der Waals surface area (Å²) in [5, 5.41) is 0. The second-order valence-corrected chi connectivity index (χ2v) is 17.3. The number of unbranched alkanes of at least 4 members (excludes halogenated alkanes) is 27. The number of allylic oxidation sites excluding steroid dienone is 1. The molecule has 1 N–H and O–H groups in total. The van der Waals surface area contributed by atoms with Gasteiger partial charge in [-0.25, -0.2) is 4.57 Å². The maximum absolute atomic E-state index is 12.5. The van der Waals surface area contributed by atoms with E-state index in [1.165, 1.54) is 167 Å². The zero-order valence-corrected chi connectivity index (χ0v) is 35.1. The number of hydrogen-bond acceptors (Lipinski definition) is 5. The fraction of sp³-hybridized carbons (Fsp3) is 0.952. The van der Waals surface area contributed by atoms with Crippen molar-refractivity contribution in [2.24, 2.45) is 0 Å². The van der Waals surface area contributed by atoms with Crippen LogP contribution in [0.2, 0.25) is 0 Å². The Hall–Kier alpha value is -0.430. The monoisotopic (exact) mass is 733 g/mol. The first kappa shape index (κ1) is 49.6. The van der Waals surface area contributed by atoms with Gasteiger partial charge in [0.05, 0.1) is 40.6 Å². The van der Waals surface area contributed by atoms with Gasteiger partial charge in [0, 0.05) is 6.61 Å². The summed E-state index contributed by atoms with van der Waals surface area (Å²) in [6.45, 7) is 6.25. The normalized spacial score (nSPS) is 14.0. The smallest absolute Gasteiger partial charge is 0.472 e. The highest BCUT2D eigenvalue weighted by Crippen LogP contribution is 2.43. The van der Waals surface area contributed by atoms with E-state index in [4.69, 9.17) is 18.5 Å². The Morgan fingerprint density at radius 3 is 1.36 bits per heavy atom. The Morgan fingerprint density at radius 1 is 0.540 bits per heavy atom. The van der Waals surface area contributed by atoms with Crippen LogP contribution >= 0.6 is 7.82 Å². The SMILES string of the molecule is CCCCCCCCCCCCCCCCC=CO[C@H](COCCCCCCCCCCCCCCCC)COP(=O)(O)OCC[N+](C)(C)C. The molecule has 0 heterocycles. The standard InChI is InChI=1S/C42H86NO6P/c1-6-8-10-12-14-16-18-20-22-23-25-27-29-31-33-35-38-47-42(41-49-50(44,45)48-39-36-43(3,4)5)40-46-37-34-32-30-28-26-24-21-19-17-15-13-11-9-7-2/h35,38,42H,6-34,36-37,39-41H2,1-5H3/p+1/t42-/m1/s1. The average molecular weight is 733 g/mol. The Labute approximate surface area is 312 Å². The van der Waals surface area contributed by atoms with Gasteiger partial charge in [-0.3, -0.25) is 9.05 Å². The average Bonchev–Trinajstić information content (AvgIpc) is 3.07. The van der Waals surface area contributed by atoms with Crippen molar-refractivity contribution in [3.63, 3.8) is 0 Å². The molecule has 0 saturated carbocycles. The first-order chi connectivity index (χ1) is 24.2. The third kappa shape index (κ3) is 40.3. The molecule has 2 atom stereocenters. The molecule has 0 aliphatic heterocycles. The molecule has 0 amide bonds. The minimum atomic E-state index is -4.16. The number of quaternary nitrogens is 1. The van der Waals surface area contributed by atoms with Gasteiger partial charge >= 0.3 is 7.82 Å². The number of likely N-dealkylation sites (N-methyl/N-ethyl adjacent to an activating group) is 1. The van der Waals surface area contributed by atoms with Gasteiger partial charge in [-0.2, -0.15) is 0 Å². The van der Waals surface area contributed by atoms with Crippen molar-refractivity contribution in [1.29, 1.82) is 0 Å². The fourth-order valence-electron chi connectivity index (χ4n) is 6.08. The van der Waals surface area contributed by atoms with Crippen LogP contribution in [0, 0.1) is 0 Å². The van der Waals surface area contributed by atoms with Gasteiger partial charge < -0.3 is 18.9 Å². The maximum Gasteiger partial charge on any atom is 0.472 e. The zero-order chi connectivity index (χ0) is 36.9. The van der Waals surface area contributed by atoms with Crippen LogP contribution in [-0.4, -0.2) is 69.6 Å². The Balaban J connectivity index is 4.14. The van der Waals surface area contributed by atoms with Gasteiger partial charge in [0.25, 0.3) is 0 Å². The van der Waals surface area contributed by atoms with Crippen LogP contribution in [0.5, 0.6) is 0 Å². The van der Waals surface area contributed by atoms with E-state index in [9.17, 15) is 9.46 Å². The van der Waals surface area contributed by atoms with Crippen LogP contribution < -0.4 is 0 Å². The number of rotatable bonds is 41. The van der Waals surface area contributed by atoms with E-state index in [2.05, 4.69) is 19.9 Å². The molecule has 0 aromatic heterocycles. The minimum Gasteiger partial charge on any atom is -0.494 e. The molecule has 0 fully saturated rings. The first-order valence-corrected chi connectivity index (χ1v) is 23.0. The molecule has 7 nitrogen and oxygen atoms in total. The molecule has 300 valence electrons. The van der Waals surface area contributed by atoms with Crippen LogP contribution in [0.3, 0.4) is 0 Å². The van der Waals surface area contributed by atoms with Crippen molar-refractivity contribution in [2.45, 2.75) is 206 Å². The predicted octanol–water partition coefficient (Wildman–Crippen LogP) is 13.1. The number of phosphoric acid groups is 1. The van der Waals surface area contributed by atoms with Crippen LogP contribution in [0.15, 0.2) is 12.3 Å². The van der Waals surface area contributed by atoms with E-state index in [0.29, 0.717) is 24.2 Å². The molecule has 1 unspecified atom stereocenters. The summed E-state index contributed by atoms with van der Waals surface area (Å²) in [5.41, 5.74) is 0. The molecule has 0 rings (SSSR count). The fourth-order valence-corrected chi connectivity index (χ4v) is 6.82. The summed E-state index contributed by atoms with van der Waals surface area (Å²) in [4.78, 5) is 10.2. The van der Waals surface area contributed by atoms with Gasteiger partial charge in [-0.05, 0) is 25.3 Å². The number of ether oxygens (including phenoxy) is 2. The van der Waals surface area contributed by atoms with Crippen molar-refractivity contribution in [3.8, 4) is 0 Å². The quantitative estimate of drug-likeness (QED) is 0.0292. The summed E-state index contributed by atoms with van der Waals surface area (Å²) < 4.78 is 35.4. The topological polar surface area (TPSA) is 74.2 Å². The molecule has 0 radical (unpaired) electrons. The van der Waals surface area contributed by atoms with E-state index in [0.717, 1.165) is 19.3 Å². The van der Waals surface area contributed by atoms with Crippen molar-refractivity contribution in [2.75, 3.05) is 54.1 Å². The highest BCUT2D eigenvalue weighted by Gasteiger charge is 2.25. The lowest BCUT2D eigenvalue weighted by atomic mass is 10.0. The summed E-state index contributed by atoms with van der Waals surface area (Å²) in [7, 11) is 1.88. The third-order valence-corrected chi connectivity index (χ3v) is 10.5. The van der Waals surface area contributed by atoms with Crippen LogP contribution in [-0.2, 0) is 23.1 Å². The number of nitrogens with zero attached hydrogens (tertiary/aromatic N) is 1. The minimum absolute atomic E-state index is 0.0555. The van der Waals surface area contributed by atoms with Gasteiger partial charge in [-0.15, -0.1) is 0 Å². The Bertz CT molecular complexity index is 759. The highest BCUT2D eigenvalue weighted by molar-refractivity contribution is 7.47. The lowest BCUT2D eigenvalue weighted by Gasteiger charge is -2.24. The van der Waals surface area contributed by atoms with Crippen molar-refractivity contribution >= 4 is 7.82 Å². The molecular formula is C42H87NO6P+. The molecule has 50 heavy (non-hydrogen) atoms. The second kappa shape index (κ2) is 36.9. The molecule has 0 aliphatic rings. The highest BCUT2D eigenvalue weighted by atomic mass is 31.2. The zero-order valence-electron chi connectivity index (χ0n) is 34.2. The van der Waals surface area contributed by atoms with Crippen LogP contribution in [0.25, 0.3) is 0 Å².